The Bertz CT molecular complexity index is 1090. The van der Waals surface area contributed by atoms with Crippen molar-refractivity contribution in [2.75, 3.05) is 12.4 Å². The van der Waals surface area contributed by atoms with Crippen LogP contribution in [0, 0.1) is 11.3 Å². The third kappa shape index (κ3) is 5.56. The van der Waals surface area contributed by atoms with Crippen LogP contribution in [0.4, 0.5) is 5.69 Å². The van der Waals surface area contributed by atoms with Crippen LogP contribution in [-0.2, 0) is 6.54 Å². The van der Waals surface area contributed by atoms with Gasteiger partial charge < -0.3 is 10.1 Å². The van der Waals surface area contributed by atoms with Gasteiger partial charge in [0.15, 0.2) is 0 Å². The zero-order valence-corrected chi connectivity index (χ0v) is 16.8. The third-order valence-corrected chi connectivity index (χ3v) is 4.33. The van der Waals surface area contributed by atoms with Crippen molar-refractivity contribution in [1.29, 1.82) is 5.26 Å². The normalized spacial score (nSPS) is 10.8. The lowest BCUT2D eigenvalue weighted by molar-refractivity contribution is 0.0977. The van der Waals surface area contributed by atoms with E-state index >= 15 is 0 Å². The molecule has 2 aromatic carbocycles. The van der Waals surface area contributed by atoms with Crippen molar-refractivity contribution in [3.8, 4) is 11.8 Å². The van der Waals surface area contributed by atoms with E-state index < -0.39 is 0 Å². The number of benzene rings is 2. The van der Waals surface area contributed by atoms with Crippen LogP contribution in [0.1, 0.15) is 21.5 Å². The summed E-state index contributed by atoms with van der Waals surface area (Å²) in [6.07, 6.45) is 3.35. The molecule has 8 heteroatoms. The number of anilines is 1. The standard InChI is InChI=1S/C22H18ClN5O2/c1-30-20-7-6-18(23)12-19(20)27-22(26-14-16-8-10-25-11-9-16)28-21(29)17-4-2-15(13-24)3-5-17/h2-12H,14H2,1H3,(H2,26,27,28,29). The summed E-state index contributed by atoms with van der Waals surface area (Å²) in [6, 6.07) is 17.1. The van der Waals surface area contributed by atoms with Crippen LogP contribution in [0.5, 0.6) is 5.75 Å². The van der Waals surface area contributed by atoms with Crippen molar-refractivity contribution >= 4 is 29.2 Å². The molecular formula is C22H18ClN5O2. The number of carbonyl (C=O) groups is 1. The number of pyridine rings is 1. The van der Waals surface area contributed by atoms with Gasteiger partial charge in [0, 0.05) is 23.0 Å². The summed E-state index contributed by atoms with van der Waals surface area (Å²) in [5, 5.41) is 15.3. The van der Waals surface area contributed by atoms with Gasteiger partial charge in [0.1, 0.15) is 5.75 Å². The molecule has 2 N–H and O–H groups in total. The highest BCUT2D eigenvalue weighted by molar-refractivity contribution is 6.31. The predicted octanol–water partition coefficient (Wildman–Crippen LogP) is 4.01. The fourth-order valence-electron chi connectivity index (χ4n) is 2.55. The Balaban J connectivity index is 1.86. The van der Waals surface area contributed by atoms with Gasteiger partial charge in [0.2, 0.25) is 5.96 Å². The van der Waals surface area contributed by atoms with Crippen molar-refractivity contribution in [3.63, 3.8) is 0 Å². The Labute approximate surface area is 179 Å². The number of nitriles is 1. The first kappa shape index (κ1) is 20.8. The van der Waals surface area contributed by atoms with E-state index in [0.717, 1.165) is 5.56 Å². The highest BCUT2D eigenvalue weighted by Crippen LogP contribution is 2.27. The van der Waals surface area contributed by atoms with E-state index in [1.54, 1.807) is 54.9 Å². The number of rotatable bonds is 5. The summed E-state index contributed by atoms with van der Waals surface area (Å²) in [5.74, 6) is 0.395. The number of methoxy groups -OCH3 is 1. The number of hydrogen-bond donors (Lipinski definition) is 2. The van der Waals surface area contributed by atoms with Crippen LogP contribution >= 0.6 is 11.6 Å². The van der Waals surface area contributed by atoms with Gasteiger partial charge in [-0.1, -0.05) is 11.6 Å². The summed E-state index contributed by atoms with van der Waals surface area (Å²) >= 11 is 6.10. The average molecular weight is 420 g/mol. The smallest absolute Gasteiger partial charge is 0.257 e. The van der Waals surface area contributed by atoms with Gasteiger partial charge in [0.25, 0.3) is 5.91 Å². The summed E-state index contributed by atoms with van der Waals surface area (Å²) in [5.41, 5.74) is 2.35. The molecular weight excluding hydrogens is 402 g/mol. The van der Waals surface area contributed by atoms with Crippen molar-refractivity contribution < 1.29 is 9.53 Å². The van der Waals surface area contributed by atoms with E-state index in [4.69, 9.17) is 21.6 Å². The van der Waals surface area contributed by atoms with Crippen molar-refractivity contribution in [2.45, 2.75) is 6.54 Å². The molecule has 1 amide bonds. The average Bonchev–Trinajstić information content (AvgIpc) is 2.78. The number of carbonyl (C=O) groups excluding carboxylic acids is 1. The number of nitrogens with zero attached hydrogens (tertiary/aromatic N) is 3. The Morgan fingerprint density at radius 2 is 1.90 bits per heavy atom. The Morgan fingerprint density at radius 3 is 2.57 bits per heavy atom. The zero-order valence-electron chi connectivity index (χ0n) is 16.1. The number of aliphatic imine (C=N–C) groups is 1. The van der Waals surface area contributed by atoms with Gasteiger partial charge in [-0.05, 0) is 60.2 Å². The van der Waals surface area contributed by atoms with Gasteiger partial charge in [-0.25, -0.2) is 4.99 Å². The number of guanidine groups is 1. The minimum Gasteiger partial charge on any atom is -0.495 e. The predicted molar refractivity (Wildman–Crippen MR) is 116 cm³/mol. The zero-order chi connectivity index (χ0) is 21.3. The maximum Gasteiger partial charge on any atom is 0.257 e. The molecule has 0 radical (unpaired) electrons. The third-order valence-electron chi connectivity index (χ3n) is 4.09. The van der Waals surface area contributed by atoms with Crippen LogP contribution < -0.4 is 15.4 Å². The highest BCUT2D eigenvalue weighted by atomic mass is 35.5. The number of hydrogen-bond acceptors (Lipinski definition) is 5. The molecule has 0 aliphatic rings. The fourth-order valence-corrected chi connectivity index (χ4v) is 2.72. The maximum absolute atomic E-state index is 12.7. The number of amides is 1. The van der Waals surface area contributed by atoms with Crippen LogP contribution in [0.25, 0.3) is 0 Å². The van der Waals surface area contributed by atoms with Crippen molar-refractivity contribution in [3.05, 3.63) is 88.7 Å². The second-order valence-electron chi connectivity index (χ2n) is 6.13. The number of nitrogens with one attached hydrogen (secondary N) is 2. The molecule has 0 saturated heterocycles. The highest BCUT2D eigenvalue weighted by Gasteiger charge is 2.12. The fraction of sp³-hybridized carbons (Fsp3) is 0.0909. The SMILES string of the molecule is COc1ccc(Cl)cc1NC(=NCc1ccncc1)NC(=O)c1ccc(C#N)cc1. The lowest BCUT2D eigenvalue weighted by Gasteiger charge is -2.15. The van der Waals surface area contributed by atoms with E-state index in [1.165, 1.54) is 7.11 Å². The first-order valence-electron chi connectivity index (χ1n) is 8.94. The molecule has 0 saturated carbocycles. The molecule has 0 fully saturated rings. The molecule has 7 nitrogen and oxygen atoms in total. The van der Waals surface area contributed by atoms with E-state index in [0.29, 0.717) is 34.1 Å². The maximum atomic E-state index is 12.7. The van der Waals surface area contributed by atoms with Gasteiger partial charge in [-0.2, -0.15) is 5.26 Å². The van der Waals surface area contributed by atoms with Crippen LogP contribution in [-0.4, -0.2) is 24.0 Å². The van der Waals surface area contributed by atoms with Crippen molar-refractivity contribution in [1.82, 2.24) is 10.3 Å². The van der Waals surface area contributed by atoms with Gasteiger partial charge in [-0.15, -0.1) is 0 Å². The number of ether oxygens (including phenoxy) is 1. The molecule has 0 unspecified atom stereocenters. The Kier molecular flexibility index (Phi) is 6.98. The second-order valence-corrected chi connectivity index (χ2v) is 6.57. The van der Waals surface area contributed by atoms with Gasteiger partial charge >= 0.3 is 0 Å². The minimum atomic E-state index is -0.374. The molecule has 1 aromatic heterocycles. The van der Waals surface area contributed by atoms with Gasteiger partial charge in [-0.3, -0.25) is 15.1 Å². The summed E-state index contributed by atoms with van der Waals surface area (Å²) in [6.45, 7) is 0.321. The lowest BCUT2D eigenvalue weighted by Crippen LogP contribution is -2.36. The van der Waals surface area contributed by atoms with Crippen LogP contribution in [0.15, 0.2) is 72.0 Å². The van der Waals surface area contributed by atoms with Gasteiger partial charge in [0.05, 0.1) is 31.0 Å². The molecule has 0 atom stereocenters. The molecule has 1 heterocycles. The van der Waals surface area contributed by atoms with Crippen LogP contribution in [0.3, 0.4) is 0 Å². The summed E-state index contributed by atoms with van der Waals surface area (Å²) in [7, 11) is 1.54. The lowest BCUT2D eigenvalue weighted by atomic mass is 10.1. The monoisotopic (exact) mass is 419 g/mol. The largest absolute Gasteiger partial charge is 0.495 e. The topological polar surface area (TPSA) is 99.4 Å². The molecule has 150 valence electrons. The Morgan fingerprint density at radius 1 is 1.17 bits per heavy atom. The molecule has 3 rings (SSSR count). The summed E-state index contributed by atoms with van der Waals surface area (Å²) in [4.78, 5) is 21.2. The summed E-state index contributed by atoms with van der Waals surface area (Å²) < 4.78 is 5.35. The Hall–Kier alpha value is -3.89. The molecule has 0 aliphatic carbocycles. The van der Waals surface area contributed by atoms with E-state index in [-0.39, 0.29) is 11.9 Å². The molecule has 0 aliphatic heterocycles. The molecule has 3 aromatic rings. The van der Waals surface area contributed by atoms with Crippen LogP contribution in [0.2, 0.25) is 5.02 Å². The first-order valence-corrected chi connectivity index (χ1v) is 9.32. The quantitative estimate of drug-likeness (QED) is 0.480. The molecule has 0 bridgehead atoms. The minimum absolute atomic E-state index is 0.224. The number of halogens is 1. The molecule has 30 heavy (non-hydrogen) atoms. The first-order chi connectivity index (χ1) is 14.6. The van der Waals surface area contributed by atoms with E-state index in [9.17, 15) is 4.79 Å². The van der Waals surface area contributed by atoms with E-state index in [1.807, 2.05) is 18.2 Å². The van der Waals surface area contributed by atoms with E-state index in [2.05, 4.69) is 20.6 Å². The number of aromatic nitrogens is 1. The molecule has 0 spiro atoms. The second kappa shape index (κ2) is 10.0. The van der Waals surface area contributed by atoms with Crippen molar-refractivity contribution in [2.24, 2.45) is 4.99 Å².